The normalized spacial score (nSPS) is 17.3. The van der Waals surface area contributed by atoms with Crippen molar-refractivity contribution in [1.29, 1.82) is 0 Å². The topological polar surface area (TPSA) is 0 Å². The van der Waals surface area contributed by atoms with E-state index in [1.54, 1.807) is 10.4 Å². The summed E-state index contributed by atoms with van der Waals surface area (Å²) >= 11 is 0. The Bertz CT molecular complexity index is 264. The predicted molar refractivity (Wildman–Crippen MR) is 66.1 cm³/mol. The maximum absolute atomic E-state index is 3.67. The molecule has 0 aliphatic heterocycles. The van der Waals surface area contributed by atoms with Gasteiger partial charge in [0.25, 0.3) is 0 Å². The molecule has 0 unspecified atom stereocenters. The van der Waals surface area contributed by atoms with E-state index in [0.717, 1.165) is 0 Å². The first kappa shape index (κ1) is 14.6. The Balaban J connectivity index is 0.00000169. The largest absolute Gasteiger partial charge is 0.258 e. The first-order valence-electron chi connectivity index (χ1n) is 5.05. The van der Waals surface area contributed by atoms with E-state index in [-0.39, 0.29) is 21.7 Å². The van der Waals surface area contributed by atoms with Crippen molar-refractivity contribution in [3.8, 4) is 0 Å². The second-order valence-electron chi connectivity index (χ2n) is 5.93. The van der Waals surface area contributed by atoms with Crippen LogP contribution in [0, 0.1) is 6.08 Å². The Morgan fingerprint density at radius 2 is 1.50 bits per heavy atom. The second-order valence-corrected chi connectivity index (χ2v) is 16.1. The molecule has 0 atom stereocenters. The number of rotatable bonds is 2. The van der Waals surface area contributed by atoms with Crippen LogP contribution < -0.4 is 0 Å². The Morgan fingerprint density at radius 3 is 1.71 bits per heavy atom. The molecule has 0 aromatic rings. The second kappa shape index (κ2) is 4.65. The van der Waals surface area contributed by atoms with Gasteiger partial charge in [-0.15, -0.1) is 6.42 Å². The van der Waals surface area contributed by atoms with Crippen molar-refractivity contribution < 1.29 is 21.7 Å². The van der Waals surface area contributed by atoms with Crippen LogP contribution in [0.5, 0.6) is 0 Å². The van der Waals surface area contributed by atoms with Crippen LogP contribution in [0.2, 0.25) is 39.3 Å². The molecule has 0 aromatic carbocycles. The van der Waals surface area contributed by atoms with Crippen molar-refractivity contribution in [2.24, 2.45) is 0 Å². The first-order chi connectivity index (χ1) is 5.71. The van der Waals surface area contributed by atoms with Crippen LogP contribution in [-0.2, 0) is 21.7 Å². The minimum atomic E-state index is -1.09. The van der Waals surface area contributed by atoms with E-state index >= 15 is 0 Å². The van der Waals surface area contributed by atoms with E-state index in [1.807, 2.05) is 0 Å². The van der Waals surface area contributed by atoms with Gasteiger partial charge in [-0.25, -0.2) is 11.3 Å². The SMILES string of the molecule is C[Si](C)(C)C1=[C-]C([Si](C)(C)C)=CC1.[Ti]. The summed E-state index contributed by atoms with van der Waals surface area (Å²) in [5, 5.41) is 3.16. The van der Waals surface area contributed by atoms with Gasteiger partial charge in [-0.05, 0) is 0 Å². The Morgan fingerprint density at radius 1 is 1.00 bits per heavy atom. The van der Waals surface area contributed by atoms with Gasteiger partial charge >= 0.3 is 0 Å². The van der Waals surface area contributed by atoms with Crippen molar-refractivity contribution in [3.63, 3.8) is 0 Å². The molecule has 78 valence electrons. The number of allylic oxidation sites excluding steroid dienone is 4. The van der Waals surface area contributed by atoms with Crippen LogP contribution in [0.4, 0.5) is 0 Å². The van der Waals surface area contributed by atoms with Crippen molar-refractivity contribution in [2.45, 2.75) is 45.7 Å². The van der Waals surface area contributed by atoms with E-state index in [1.165, 1.54) is 6.42 Å². The molecule has 0 nitrogen and oxygen atoms in total. The minimum absolute atomic E-state index is 0. The van der Waals surface area contributed by atoms with Crippen LogP contribution in [0.3, 0.4) is 0 Å². The molecule has 1 rings (SSSR count). The van der Waals surface area contributed by atoms with Crippen LogP contribution in [0.25, 0.3) is 0 Å². The molecular formula is C11H21Si2Ti-. The maximum Gasteiger partial charge on any atom is 0.0518 e. The van der Waals surface area contributed by atoms with Gasteiger partial charge in [-0.2, -0.15) is 5.20 Å². The van der Waals surface area contributed by atoms with Gasteiger partial charge in [0.1, 0.15) is 0 Å². The third kappa shape index (κ3) is 3.65. The molecule has 0 saturated heterocycles. The van der Waals surface area contributed by atoms with Gasteiger partial charge in [-0.3, -0.25) is 6.08 Å². The molecule has 0 radical (unpaired) electrons. The monoisotopic (exact) mass is 257 g/mol. The number of hydrogen-bond donors (Lipinski definition) is 0. The molecule has 0 bridgehead atoms. The van der Waals surface area contributed by atoms with Crippen molar-refractivity contribution in [1.82, 2.24) is 0 Å². The fourth-order valence-electron chi connectivity index (χ4n) is 1.46. The van der Waals surface area contributed by atoms with Crippen molar-refractivity contribution in [2.75, 3.05) is 0 Å². The standard InChI is InChI=1S/C11H21Si2.Ti/c1-12(2,3)10-7-8-11(9-10)13(4,5)6;/h7H,8H2,1-6H3;/q-1;. The molecule has 3 heteroatoms. The summed E-state index contributed by atoms with van der Waals surface area (Å²) in [6, 6.07) is 0. The summed E-state index contributed by atoms with van der Waals surface area (Å²) in [6.45, 7) is 14.4. The fourth-order valence-corrected chi connectivity index (χ4v) is 4.05. The molecule has 0 N–H and O–H groups in total. The molecule has 1 aliphatic rings. The molecule has 14 heavy (non-hydrogen) atoms. The molecule has 0 aromatic heterocycles. The van der Waals surface area contributed by atoms with Crippen LogP contribution in [0.1, 0.15) is 6.42 Å². The number of hydrogen-bond acceptors (Lipinski definition) is 0. The van der Waals surface area contributed by atoms with Gasteiger partial charge in [0.15, 0.2) is 0 Å². The van der Waals surface area contributed by atoms with Crippen molar-refractivity contribution >= 4 is 16.1 Å². The van der Waals surface area contributed by atoms with Crippen molar-refractivity contribution in [3.05, 3.63) is 22.5 Å². The van der Waals surface area contributed by atoms with E-state index in [9.17, 15) is 0 Å². The molecule has 0 amide bonds. The smallest absolute Gasteiger partial charge is 0.0518 e. The van der Waals surface area contributed by atoms with E-state index < -0.39 is 16.1 Å². The van der Waals surface area contributed by atoms with Crippen LogP contribution >= 0.6 is 0 Å². The predicted octanol–water partition coefficient (Wildman–Crippen LogP) is 3.80. The van der Waals surface area contributed by atoms with Crippen LogP contribution in [0.15, 0.2) is 16.5 Å². The maximum atomic E-state index is 3.67. The average molecular weight is 257 g/mol. The molecular weight excluding hydrogens is 236 g/mol. The summed E-state index contributed by atoms with van der Waals surface area (Å²) in [6.07, 6.45) is 7.28. The Kier molecular flexibility index (Phi) is 4.85. The molecule has 0 saturated carbocycles. The van der Waals surface area contributed by atoms with Gasteiger partial charge in [0.05, 0.1) is 8.07 Å². The zero-order chi connectivity index (χ0) is 10.3. The fraction of sp³-hybridized carbons (Fsp3) is 0.636. The average Bonchev–Trinajstić information content (AvgIpc) is 2.28. The Labute approximate surface area is 106 Å². The molecule has 0 spiro atoms. The Hall–Kier alpha value is 0.628. The summed E-state index contributed by atoms with van der Waals surface area (Å²) in [5.41, 5.74) is 0. The van der Waals surface area contributed by atoms with E-state index in [2.05, 4.69) is 51.4 Å². The zero-order valence-corrected chi connectivity index (χ0v) is 13.8. The zero-order valence-electron chi connectivity index (χ0n) is 10.3. The molecule has 0 heterocycles. The summed E-state index contributed by atoms with van der Waals surface area (Å²) < 4.78 is 0. The van der Waals surface area contributed by atoms with Crippen LogP contribution in [-0.4, -0.2) is 16.1 Å². The summed E-state index contributed by atoms with van der Waals surface area (Å²) in [5.74, 6) is 0. The molecule has 1 aliphatic carbocycles. The summed E-state index contributed by atoms with van der Waals surface area (Å²) in [7, 11) is -2.16. The molecule has 0 fully saturated rings. The van der Waals surface area contributed by atoms with Gasteiger partial charge in [0, 0.05) is 29.8 Å². The third-order valence-electron chi connectivity index (χ3n) is 2.51. The summed E-state index contributed by atoms with van der Waals surface area (Å²) in [4.78, 5) is 0. The van der Waals surface area contributed by atoms with E-state index in [4.69, 9.17) is 0 Å². The third-order valence-corrected chi connectivity index (χ3v) is 6.59. The quantitative estimate of drug-likeness (QED) is 0.521. The van der Waals surface area contributed by atoms with Gasteiger partial charge in [-0.1, -0.05) is 39.3 Å². The van der Waals surface area contributed by atoms with Gasteiger partial charge < -0.3 is 0 Å². The first-order valence-corrected chi connectivity index (χ1v) is 12.1. The minimum Gasteiger partial charge on any atom is -0.258 e. The van der Waals surface area contributed by atoms with Gasteiger partial charge in [0.2, 0.25) is 0 Å². The van der Waals surface area contributed by atoms with E-state index in [0.29, 0.717) is 0 Å².